The number of piperidine rings is 1. The molecule has 0 unspecified atom stereocenters. The maximum absolute atomic E-state index is 13.6. The van der Waals surface area contributed by atoms with E-state index in [1.165, 1.54) is 18.7 Å². The molecule has 0 spiro atoms. The molecule has 100 valence electrons. The average Bonchev–Trinajstić information content (AvgIpc) is 2.35. The molecule has 3 nitrogen and oxygen atoms in total. The zero-order chi connectivity index (χ0) is 13.0. The van der Waals surface area contributed by atoms with Gasteiger partial charge in [0.15, 0.2) is 11.6 Å². The molecule has 5 heteroatoms. The molecule has 1 N–H and O–H groups in total. The summed E-state index contributed by atoms with van der Waals surface area (Å²) >= 11 is 5.68. The van der Waals surface area contributed by atoms with Crippen molar-refractivity contribution in [1.29, 1.82) is 0 Å². The molecule has 0 amide bonds. The largest absolute Gasteiger partial charge is 0.365 e. The smallest absolute Gasteiger partial charge is 0.166 e. The monoisotopic (exact) mass is 271 g/mol. The number of pyridine rings is 1. The predicted octanol–water partition coefficient (Wildman–Crippen LogP) is 3.16. The Kier molecular flexibility index (Phi) is 4.78. The van der Waals surface area contributed by atoms with Gasteiger partial charge in [-0.25, -0.2) is 9.37 Å². The molecule has 1 aliphatic rings. The molecule has 0 bridgehead atoms. The lowest BCUT2D eigenvalue weighted by molar-refractivity contribution is 0.219. The second-order valence-corrected chi connectivity index (χ2v) is 5.18. The van der Waals surface area contributed by atoms with Crippen LogP contribution in [0.4, 0.5) is 10.2 Å². The zero-order valence-corrected chi connectivity index (χ0v) is 11.4. The molecule has 2 rings (SSSR count). The standard InChI is InChI=1S/C13H19ClFN3/c1-2-5-18-6-3-11(4-7-18)17-13-12(15)8-10(14)9-16-13/h8-9,11H,2-7H2,1H3,(H,16,17). The Morgan fingerprint density at radius 1 is 1.50 bits per heavy atom. The molecule has 1 aliphatic heterocycles. The third-order valence-electron chi connectivity index (χ3n) is 3.28. The van der Waals surface area contributed by atoms with E-state index in [9.17, 15) is 4.39 Å². The van der Waals surface area contributed by atoms with Gasteiger partial charge in [0.2, 0.25) is 0 Å². The van der Waals surface area contributed by atoms with Crippen molar-refractivity contribution >= 4 is 17.4 Å². The van der Waals surface area contributed by atoms with E-state index in [4.69, 9.17) is 11.6 Å². The zero-order valence-electron chi connectivity index (χ0n) is 10.6. The summed E-state index contributed by atoms with van der Waals surface area (Å²) in [6, 6.07) is 1.60. The molecule has 18 heavy (non-hydrogen) atoms. The molecular weight excluding hydrogens is 253 g/mol. The van der Waals surface area contributed by atoms with E-state index < -0.39 is 0 Å². The van der Waals surface area contributed by atoms with Crippen LogP contribution in [0.25, 0.3) is 0 Å². The van der Waals surface area contributed by atoms with Crippen molar-refractivity contribution in [2.75, 3.05) is 25.0 Å². The van der Waals surface area contributed by atoms with Crippen molar-refractivity contribution in [3.63, 3.8) is 0 Å². The lowest BCUT2D eigenvalue weighted by atomic mass is 10.0. The van der Waals surface area contributed by atoms with Crippen LogP contribution in [0.2, 0.25) is 5.02 Å². The Bertz CT molecular complexity index is 392. The summed E-state index contributed by atoms with van der Waals surface area (Å²) in [5.41, 5.74) is 0. The summed E-state index contributed by atoms with van der Waals surface area (Å²) < 4.78 is 13.6. The van der Waals surface area contributed by atoms with Crippen molar-refractivity contribution in [1.82, 2.24) is 9.88 Å². The Labute approximate surface area is 112 Å². The highest BCUT2D eigenvalue weighted by molar-refractivity contribution is 6.30. The number of nitrogens with zero attached hydrogens (tertiary/aromatic N) is 2. The first kappa shape index (κ1) is 13.6. The van der Waals surface area contributed by atoms with E-state index in [1.807, 2.05) is 0 Å². The summed E-state index contributed by atoms with van der Waals surface area (Å²) in [6.07, 6.45) is 4.72. The lowest BCUT2D eigenvalue weighted by Gasteiger charge is -2.32. The Morgan fingerprint density at radius 3 is 2.83 bits per heavy atom. The third-order valence-corrected chi connectivity index (χ3v) is 3.48. The van der Waals surface area contributed by atoms with E-state index in [0.717, 1.165) is 32.5 Å². The number of hydrogen-bond acceptors (Lipinski definition) is 3. The number of halogens is 2. The molecule has 2 heterocycles. The van der Waals surface area contributed by atoms with Crippen LogP contribution < -0.4 is 5.32 Å². The van der Waals surface area contributed by atoms with Gasteiger partial charge in [0.1, 0.15) is 0 Å². The number of nitrogens with one attached hydrogen (secondary N) is 1. The molecule has 0 atom stereocenters. The second-order valence-electron chi connectivity index (χ2n) is 4.74. The fourth-order valence-electron chi connectivity index (χ4n) is 2.33. The van der Waals surface area contributed by atoms with Crippen LogP contribution in [-0.4, -0.2) is 35.6 Å². The molecule has 1 saturated heterocycles. The number of likely N-dealkylation sites (tertiary alicyclic amines) is 1. The number of rotatable bonds is 4. The minimum Gasteiger partial charge on any atom is -0.365 e. The fourth-order valence-corrected chi connectivity index (χ4v) is 2.48. The van der Waals surface area contributed by atoms with Gasteiger partial charge < -0.3 is 10.2 Å². The van der Waals surface area contributed by atoms with Crippen LogP contribution in [0.15, 0.2) is 12.3 Å². The van der Waals surface area contributed by atoms with Crippen molar-refractivity contribution in [3.8, 4) is 0 Å². The molecule has 0 radical (unpaired) electrons. The summed E-state index contributed by atoms with van der Waals surface area (Å²) in [4.78, 5) is 6.44. The first-order valence-corrected chi connectivity index (χ1v) is 6.86. The SMILES string of the molecule is CCCN1CCC(Nc2ncc(Cl)cc2F)CC1. The van der Waals surface area contributed by atoms with Gasteiger partial charge in [0, 0.05) is 25.3 Å². The summed E-state index contributed by atoms with van der Waals surface area (Å²) in [7, 11) is 0. The summed E-state index contributed by atoms with van der Waals surface area (Å²) in [6.45, 7) is 5.49. The van der Waals surface area contributed by atoms with Crippen molar-refractivity contribution in [3.05, 3.63) is 23.1 Å². The minimum atomic E-state index is -0.376. The first-order chi connectivity index (χ1) is 8.69. The van der Waals surface area contributed by atoms with Gasteiger partial charge in [-0.15, -0.1) is 0 Å². The fraction of sp³-hybridized carbons (Fsp3) is 0.615. The van der Waals surface area contributed by atoms with Crippen LogP contribution in [0.1, 0.15) is 26.2 Å². The van der Waals surface area contributed by atoms with E-state index in [2.05, 4.69) is 22.1 Å². The van der Waals surface area contributed by atoms with Crippen LogP contribution in [0.5, 0.6) is 0 Å². The summed E-state index contributed by atoms with van der Waals surface area (Å²) in [5.74, 6) is -0.0631. The highest BCUT2D eigenvalue weighted by Crippen LogP contribution is 2.19. The van der Waals surface area contributed by atoms with Crippen LogP contribution in [-0.2, 0) is 0 Å². The van der Waals surface area contributed by atoms with Crippen LogP contribution >= 0.6 is 11.6 Å². The van der Waals surface area contributed by atoms with Crippen molar-refractivity contribution in [2.45, 2.75) is 32.2 Å². The number of aromatic nitrogens is 1. The topological polar surface area (TPSA) is 28.2 Å². The normalized spacial score (nSPS) is 17.9. The van der Waals surface area contributed by atoms with Gasteiger partial charge in [0.25, 0.3) is 0 Å². The minimum absolute atomic E-state index is 0.307. The first-order valence-electron chi connectivity index (χ1n) is 6.49. The molecule has 0 aliphatic carbocycles. The van der Waals surface area contributed by atoms with Gasteiger partial charge in [-0.3, -0.25) is 0 Å². The second kappa shape index (κ2) is 6.34. The van der Waals surface area contributed by atoms with Gasteiger partial charge >= 0.3 is 0 Å². The molecule has 1 aromatic rings. The molecule has 0 saturated carbocycles. The highest BCUT2D eigenvalue weighted by Gasteiger charge is 2.19. The van der Waals surface area contributed by atoms with Gasteiger partial charge in [-0.1, -0.05) is 18.5 Å². The van der Waals surface area contributed by atoms with E-state index in [1.54, 1.807) is 0 Å². The molecular formula is C13H19ClFN3. The van der Waals surface area contributed by atoms with E-state index >= 15 is 0 Å². The highest BCUT2D eigenvalue weighted by atomic mass is 35.5. The van der Waals surface area contributed by atoms with Crippen LogP contribution in [0, 0.1) is 5.82 Å². The van der Waals surface area contributed by atoms with Gasteiger partial charge in [-0.2, -0.15) is 0 Å². The lowest BCUT2D eigenvalue weighted by Crippen LogP contribution is -2.39. The van der Waals surface area contributed by atoms with Crippen LogP contribution in [0.3, 0.4) is 0 Å². The predicted molar refractivity (Wildman–Crippen MR) is 72.6 cm³/mol. The van der Waals surface area contributed by atoms with Crippen molar-refractivity contribution < 1.29 is 4.39 Å². The Balaban J connectivity index is 1.87. The molecule has 1 fully saturated rings. The Morgan fingerprint density at radius 2 is 2.22 bits per heavy atom. The molecule has 0 aromatic carbocycles. The van der Waals surface area contributed by atoms with E-state index in [0.29, 0.717) is 16.9 Å². The average molecular weight is 272 g/mol. The quantitative estimate of drug-likeness (QED) is 0.912. The maximum atomic E-state index is 13.6. The summed E-state index contributed by atoms with van der Waals surface area (Å²) in [5, 5.41) is 3.50. The number of anilines is 1. The van der Waals surface area contributed by atoms with Crippen molar-refractivity contribution in [2.24, 2.45) is 0 Å². The maximum Gasteiger partial charge on any atom is 0.166 e. The van der Waals surface area contributed by atoms with Gasteiger partial charge in [-0.05, 0) is 31.9 Å². The van der Waals surface area contributed by atoms with E-state index in [-0.39, 0.29) is 5.82 Å². The number of hydrogen-bond donors (Lipinski definition) is 1. The third kappa shape index (κ3) is 3.56. The molecule has 1 aromatic heterocycles. The van der Waals surface area contributed by atoms with Gasteiger partial charge in [0.05, 0.1) is 5.02 Å². The Hall–Kier alpha value is -0.870.